The quantitative estimate of drug-likeness (QED) is 0.553. The summed E-state index contributed by atoms with van der Waals surface area (Å²) in [5.41, 5.74) is 3.40. The van der Waals surface area contributed by atoms with Crippen molar-refractivity contribution in [2.24, 2.45) is 20.0 Å². The highest BCUT2D eigenvalue weighted by atomic mass is 16.1. The summed E-state index contributed by atoms with van der Waals surface area (Å²) >= 11 is 0. The van der Waals surface area contributed by atoms with Gasteiger partial charge in [0.1, 0.15) is 0 Å². The van der Waals surface area contributed by atoms with Crippen molar-refractivity contribution >= 4 is 35.7 Å². The van der Waals surface area contributed by atoms with Crippen LogP contribution in [0, 0.1) is 0 Å². The zero-order valence-electron chi connectivity index (χ0n) is 13.5. The third-order valence-corrected chi connectivity index (χ3v) is 2.90. The maximum Gasteiger partial charge on any atom is 0.240 e. The second-order valence-corrected chi connectivity index (χ2v) is 4.56. The monoisotopic (exact) mass is 380 g/mol. The summed E-state index contributed by atoms with van der Waals surface area (Å²) in [6, 6.07) is 14.7. The van der Waals surface area contributed by atoms with Crippen molar-refractivity contribution in [3.8, 4) is 0 Å². The van der Waals surface area contributed by atoms with Crippen LogP contribution in [0.5, 0.6) is 0 Å². The third kappa shape index (κ3) is 10.7. The number of isocyanates is 4. The summed E-state index contributed by atoms with van der Waals surface area (Å²) in [6.45, 7) is -0.160. The van der Waals surface area contributed by atoms with E-state index in [0.29, 0.717) is 11.4 Å². The fraction of sp³-hybridized carbons (Fsp3) is 0.200. The molecule has 0 bridgehead atoms. The molecule has 0 heterocycles. The van der Waals surface area contributed by atoms with Gasteiger partial charge in [0, 0.05) is 0 Å². The average Bonchev–Trinajstić information content (AvgIpc) is 2.66. The van der Waals surface area contributed by atoms with E-state index in [1.165, 1.54) is 24.3 Å². The second kappa shape index (κ2) is 16.4. The molecule has 0 unspecified atom stereocenters. The van der Waals surface area contributed by atoms with Gasteiger partial charge in [-0.1, -0.05) is 39.1 Å². The van der Waals surface area contributed by atoms with Gasteiger partial charge in [-0.2, -0.15) is 20.0 Å². The van der Waals surface area contributed by atoms with Gasteiger partial charge in [-0.05, 0) is 41.8 Å². The van der Waals surface area contributed by atoms with Gasteiger partial charge in [0.25, 0.3) is 0 Å². The second-order valence-electron chi connectivity index (χ2n) is 4.56. The fourth-order valence-corrected chi connectivity index (χ4v) is 1.81. The predicted octanol–water partition coefficient (Wildman–Crippen LogP) is 4.10. The molecule has 0 fully saturated rings. The third-order valence-electron chi connectivity index (χ3n) is 2.90. The lowest BCUT2D eigenvalue weighted by atomic mass is 10.0. The zero-order chi connectivity index (χ0) is 19.0. The SMILES string of the molecule is C.C.O=C=NCN=C=O.O=C=Nc1ccc(Cc2ccc(N=C=O)cc2)cc1. The largest absolute Gasteiger partial charge is 0.240 e. The Hall–Kier alpha value is -4.04. The molecule has 0 aromatic heterocycles. The fourth-order valence-electron chi connectivity index (χ4n) is 1.81. The maximum atomic E-state index is 10.1. The van der Waals surface area contributed by atoms with Gasteiger partial charge in [0.05, 0.1) is 11.4 Å². The number of benzene rings is 2. The molecular formula is C20H20N4O4. The molecule has 8 heteroatoms. The Balaban J connectivity index is 0. The Morgan fingerprint density at radius 3 is 1.21 bits per heavy atom. The Morgan fingerprint density at radius 1 is 0.571 bits per heavy atom. The summed E-state index contributed by atoms with van der Waals surface area (Å²) in [7, 11) is 0. The lowest BCUT2D eigenvalue weighted by Crippen LogP contribution is -1.86. The molecule has 2 aromatic carbocycles. The average molecular weight is 380 g/mol. The van der Waals surface area contributed by atoms with Crippen molar-refractivity contribution in [2.75, 3.05) is 6.67 Å². The van der Waals surface area contributed by atoms with Crippen LogP contribution in [0.4, 0.5) is 11.4 Å². The van der Waals surface area contributed by atoms with E-state index in [0.717, 1.165) is 17.5 Å². The molecule has 0 aliphatic carbocycles. The van der Waals surface area contributed by atoms with Crippen LogP contribution in [0.15, 0.2) is 68.5 Å². The van der Waals surface area contributed by atoms with E-state index < -0.39 is 0 Å². The molecule has 0 amide bonds. The van der Waals surface area contributed by atoms with Crippen LogP contribution in [0.1, 0.15) is 26.0 Å². The topological polar surface area (TPSA) is 118 Å². The Kier molecular flexibility index (Phi) is 15.4. The molecule has 28 heavy (non-hydrogen) atoms. The van der Waals surface area contributed by atoms with Crippen molar-refractivity contribution < 1.29 is 19.2 Å². The lowest BCUT2D eigenvalue weighted by molar-refractivity contribution is 0.560. The van der Waals surface area contributed by atoms with Gasteiger partial charge < -0.3 is 0 Å². The summed E-state index contributed by atoms with van der Waals surface area (Å²) in [6.07, 6.45) is 6.18. The van der Waals surface area contributed by atoms with Gasteiger partial charge in [0.2, 0.25) is 24.3 Å². The van der Waals surface area contributed by atoms with Crippen LogP contribution in [0.3, 0.4) is 0 Å². The van der Waals surface area contributed by atoms with E-state index in [2.05, 4.69) is 20.0 Å². The van der Waals surface area contributed by atoms with Crippen LogP contribution in [0.25, 0.3) is 0 Å². The number of aliphatic imine (C=N–C) groups is 4. The molecular weight excluding hydrogens is 360 g/mol. The van der Waals surface area contributed by atoms with E-state index in [1.54, 1.807) is 24.3 Å². The van der Waals surface area contributed by atoms with E-state index in [4.69, 9.17) is 0 Å². The first-order chi connectivity index (χ1) is 12.7. The van der Waals surface area contributed by atoms with Gasteiger partial charge in [-0.3, -0.25) is 0 Å². The van der Waals surface area contributed by atoms with Gasteiger partial charge in [0.15, 0.2) is 6.67 Å². The van der Waals surface area contributed by atoms with Crippen LogP contribution in [0.2, 0.25) is 0 Å². The van der Waals surface area contributed by atoms with Crippen LogP contribution < -0.4 is 0 Å². The van der Waals surface area contributed by atoms with Gasteiger partial charge >= 0.3 is 0 Å². The first-order valence-electron chi connectivity index (χ1n) is 7.14. The molecule has 0 N–H and O–H groups in total. The molecule has 144 valence electrons. The summed E-state index contributed by atoms with van der Waals surface area (Å²) in [5.74, 6) is 0. The van der Waals surface area contributed by atoms with E-state index in [9.17, 15) is 19.2 Å². The van der Waals surface area contributed by atoms with Crippen LogP contribution in [-0.2, 0) is 25.6 Å². The van der Waals surface area contributed by atoms with Crippen molar-refractivity contribution in [1.82, 2.24) is 0 Å². The number of rotatable bonds is 6. The van der Waals surface area contributed by atoms with Crippen molar-refractivity contribution in [1.29, 1.82) is 0 Å². The molecule has 0 aliphatic heterocycles. The predicted molar refractivity (Wildman–Crippen MR) is 106 cm³/mol. The summed E-state index contributed by atoms with van der Waals surface area (Å²) in [5, 5.41) is 0. The first-order valence-corrected chi connectivity index (χ1v) is 7.14. The summed E-state index contributed by atoms with van der Waals surface area (Å²) < 4.78 is 0. The maximum absolute atomic E-state index is 10.1. The first kappa shape index (κ1) is 26.2. The van der Waals surface area contributed by atoms with Gasteiger partial charge in [-0.15, -0.1) is 0 Å². The molecule has 0 atom stereocenters. The van der Waals surface area contributed by atoms with Crippen LogP contribution >= 0.6 is 0 Å². The summed E-state index contributed by atoms with van der Waals surface area (Å²) in [4.78, 5) is 51.5. The lowest BCUT2D eigenvalue weighted by Gasteiger charge is -2.02. The number of hydrogen-bond acceptors (Lipinski definition) is 8. The Bertz CT molecular complexity index is 823. The Labute approximate surface area is 163 Å². The van der Waals surface area contributed by atoms with E-state index in [1.807, 2.05) is 24.3 Å². The van der Waals surface area contributed by atoms with Gasteiger partial charge in [-0.25, -0.2) is 19.2 Å². The van der Waals surface area contributed by atoms with E-state index >= 15 is 0 Å². The highest BCUT2D eigenvalue weighted by molar-refractivity contribution is 5.51. The van der Waals surface area contributed by atoms with Crippen molar-refractivity contribution in [3.05, 3.63) is 59.7 Å². The van der Waals surface area contributed by atoms with Crippen molar-refractivity contribution in [2.45, 2.75) is 21.3 Å². The molecule has 0 saturated heterocycles. The minimum absolute atomic E-state index is 0. The number of carbonyl (C=O) groups excluding carboxylic acids is 4. The minimum Gasteiger partial charge on any atom is -0.211 e. The van der Waals surface area contributed by atoms with E-state index in [-0.39, 0.29) is 21.5 Å². The highest BCUT2D eigenvalue weighted by Crippen LogP contribution is 2.17. The molecule has 2 aromatic rings. The number of nitrogens with zero attached hydrogens (tertiary/aromatic N) is 4. The van der Waals surface area contributed by atoms with Crippen molar-refractivity contribution in [3.63, 3.8) is 0 Å². The highest BCUT2D eigenvalue weighted by Gasteiger charge is 1.97. The molecule has 8 nitrogen and oxygen atoms in total. The smallest absolute Gasteiger partial charge is 0.211 e. The number of hydrogen-bond donors (Lipinski definition) is 0. The minimum atomic E-state index is -0.160. The normalized spacial score (nSPS) is 7.71. The standard InChI is InChI=1S/C15H10N2O2.C3H2N2O2.2CH4/c18-10-16-14-5-1-12(2-6-14)9-13-3-7-15(8-4-13)17-11-19;6-2-4-1-5-3-7;;/h1-8H,9H2;1H2;2*1H4. The molecule has 0 spiro atoms. The zero-order valence-corrected chi connectivity index (χ0v) is 13.5. The molecule has 0 saturated carbocycles. The Morgan fingerprint density at radius 2 is 0.929 bits per heavy atom. The molecule has 0 radical (unpaired) electrons. The molecule has 2 rings (SSSR count). The molecule has 0 aliphatic rings. The van der Waals surface area contributed by atoms with Crippen LogP contribution in [-0.4, -0.2) is 31.0 Å².